The zero-order valence-corrected chi connectivity index (χ0v) is 16.6. The van der Waals surface area contributed by atoms with Crippen LogP contribution in [0.5, 0.6) is 0 Å². The fourth-order valence-electron chi connectivity index (χ4n) is 2.32. The first-order chi connectivity index (χ1) is 12.3. The summed E-state index contributed by atoms with van der Waals surface area (Å²) in [5, 5.41) is 1.28. The standard InChI is InChI=1S/C19H21ClN2O3S/c1-5-22(10-12(2)3)16(23)11-25-19(24)17-13(4)21-18(26-17)14-7-6-8-15(20)9-14/h6-9H,2,5,10-11H2,1,3-4H3. The normalized spacial score (nSPS) is 10.5. The highest BCUT2D eigenvalue weighted by Gasteiger charge is 2.20. The van der Waals surface area contributed by atoms with E-state index in [0.29, 0.717) is 33.7 Å². The Morgan fingerprint density at radius 2 is 2.12 bits per heavy atom. The molecular formula is C19H21ClN2O3S. The SMILES string of the molecule is C=C(C)CN(CC)C(=O)COC(=O)c1sc(-c2cccc(Cl)c2)nc1C. The van der Waals surface area contributed by atoms with E-state index in [1.807, 2.05) is 26.0 Å². The minimum absolute atomic E-state index is 0.249. The number of thiazole rings is 1. The van der Waals surface area contributed by atoms with Crippen molar-refractivity contribution in [2.24, 2.45) is 0 Å². The number of ether oxygens (including phenoxy) is 1. The van der Waals surface area contributed by atoms with Gasteiger partial charge in [0.1, 0.15) is 9.88 Å². The van der Waals surface area contributed by atoms with Crippen molar-refractivity contribution >= 4 is 34.8 Å². The molecule has 138 valence electrons. The van der Waals surface area contributed by atoms with Crippen LogP contribution in [-0.2, 0) is 9.53 Å². The van der Waals surface area contributed by atoms with Crippen LogP contribution in [0.1, 0.15) is 29.2 Å². The molecule has 1 aromatic heterocycles. The van der Waals surface area contributed by atoms with E-state index in [0.717, 1.165) is 11.1 Å². The van der Waals surface area contributed by atoms with Gasteiger partial charge in [-0.25, -0.2) is 9.78 Å². The molecule has 26 heavy (non-hydrogen) atoms. The molecule has 0 spiro atoms. The third kappa shape index (κ3) is 5.16. The van der Waals surface area contributed by atoms with Crippen molar-refractivity contribution in [2.45, 2.75) is 20.8 Å². The summed E-state index contributed by atoms with van der Waals surface area (Å²) >= 11 is 7.23. The third-order valence-electron chi connectivity index (χ3n) is 3.58. The Morgan fingerprint density at radius 1 is 1.38 bits per heavy atom. The molecule has 1 aromatic carbocycles. The van der Waals surface area contributed by atoms with Gasteiger partial charge in [-0.15, -0.1) is 11.3 Å². The minimum Gasteiger partial charge on any atom is -0.451 e. The van der Waals surface area contributed by atoms with Gasteiger partial charge >= 0.3 is 5.97 Å². The number of carbonyl (C=O) groups is 2. The topological polar surface area (TPSA) is 59.5 Å². The van der Waals surface area contributed by atoms with Crippen LogP contribution in [0.4, 0.5) is 0 Å². The van der Waals surface area contributed by atoms with Crippen molar-refractivity contribution in [3.8, 4) is 10.6 Å². The summed E-state index contributed by atoms with van der Waals surface area (Å²) in [4.78, 5) is 30.9. The fraction of sp³-hybridized carbons (Fsp3) is 0.316. The lowest BCUT2D eigenvalue weighted by atomic mass is 10.2. The van der Waals surface area contributed by atoms with Gasteiger partial charge in [-0.3, -0.25) is 4.79 Å². The summed E-state index contributed by atoms with van der Waals surface area (Å²) in [6.07, 6.45) is 0. The molecule has 7 heteroatoms. The largest absolute Gasteiger partial charge is 0.451 e. The van der Waals surface area contributed by atoms with E-state index >= 15 is 0 Å². The van der Waals surface area contributed by atoms with Crippen LogP contribution in [0.15, 0.2) is 36.4 Å². The van der Waals surface area contributed by atoms with E-state index < -0.39 is 5.97 Å². The highest BCUT2D eigenvalue weighted by atomic mass is 35.5. The molecule has 1 heterocycles. The number of aryl methyl sites for hydroxylation is 1. The van der Waals surface area contributed by atoms with Crippen LogP contribution >= 0.6 is 22.9 Å². The van der Waals surface area contributed by atoms with Crippen LogP contribution in [0.3, 0.4) is 0 Å². The lowest BCUT2D eigenvalue weighted by Crippen LogP contribution is -2.35. The van der Waals surface area contributed by atoms with E-state index in [2.05, 4.69) is 11.6 Å². The number of aromatic nitrogens is 1. The summed E-state index contributed by atoms with van der Waals surface area (Å²) in [6.45, 7) is 9.93. The molecule has 0 aliphatic heterocycles. The maximum Gasteiger partial charge on any atom is 0.350 e. The molecule has 0 unspecified atom stereocenters. The number of nitrogens with zero attached hydrogens (tertiary/aromatic N) is 2. The first-order valence-corrected chi connectivity index (χ1v) is 9.34. The summed E-state index contributed by atoms with van der Waals surface area (Å²) in [7, 11) is 0. The Hall–Kier alpha value is -2.18. The second kappa shape index (κ2) is 8.96. The molecule has 0 fully saturated rings. The van der Waals surface area contributed by atoms with E-state index in [4.69, 9.17) is 16.3 Å². The molecule has 0 radical (unpaired) electrons. The molecule has 1 amide bonds. The van der Waals surface area contributed by atoms with Crippen LogP contribution in [0, 0.1) is 6.92 Å². The smallest absolute Gasteiger partial charge is 0.350 e. The summed E-state index contributed by atoms with van der Waals surface area (Å²) < 4.78 is 5.19. The average molecular weight is 393 g/mol. The molecule has 2 rings (SSSR count). The Balaban J connectivity index is 2.06. The molecule has 0 aliphatic carbocycles. The van der Waals surface area contributed by atoms with Crippen LogP contribution in [0.2, 0.25) is 5.02 Å². The minimum atomic E-state index is -0.548. The zero-order valence-electron chi connectivity index (χ0n) is 15.0. The summed E-state index contributed by atoms with van der Waals surface area (Å²) in [5.41, 5.74) is 2.27. The number of esters is 1. The van der Waals surface area contributed by atoms with Gasteiger partial charge in [-0.05, 0) is 32.9 Å². The maximum atomic E-state index is 12.3. The van der Waals surface area contributed by atoms with Crippen LogP contribution in [-0.4, -0.2) is 41.5 Å². The highest BCUT2D eigenvalue weighted by molar-refractivity contribution is 7.17. The molecule has 0 saturated carbocycles. The second-order valence-electron chi connectivity index (χ2n) is 5.89. The fourth-order valence-corrected chi connectivity index (χ4v) is 3.46. The third-order valence-corrected chi connectivity index (χ3v) is 5.00. The van der Waals surface area contributed by atoms with Gasteiger partial charge < -0.3 is 9.64 Å². The Bertz CT molecular complexity index is 832. The predicted molar refractivity (Wildman–Crippen MR) is 105 cm³/mol. The van der Waals surface area contributed by atoms with Crippen molar-refractivity contribution in [1.82, 2.24) is 9.88 Å². The van der Waals surface area contributed by atoms with Crippen molar-refractivity contribution in [3.63, 3.8) is 0 Å². The number of hydrogen-bond acceptors (Lipinski definition) is 5. The Morgan fingerprint density at radius 3 is 2.73 bits per heavy atom. The number of amides is 1. The van der Waals surface area contributed by atoms with Gasteiger partial charge in [0.05, 0.1) is 5.69 Å². The summed E-state index contributed by atoms with van der Waals surface area (Å²) in [6, 6.07) is 7.26. The highest BCUT2D eigenvalue weighted by Crippen LogP contribution is 2.29. The number of benzene rings is 1. The zero-order chi connectivity index (χ0) is 19.3. The van der Waals surface area contributed by atoms with Gasteiger partial charge in [0.25, 0.3) is 5.91 Å². The Kier molecular flexibility index (Phi) is 6.94. The van der Waals surface area contributed by atoms with E-state index in [9.17, 15) is 9.59 Å². The van der Waals surface area contributed by atoms with Crippen LogP contribution < -0.4 is 0 Å². The van der Waals surface area contributed by atoms with Crippen molar-refractivity contribution in [1.29, 1.82) is 0 Å². The molecule has 0 bridgehead atoms. The van der Waals surface area contributed by atoms with Crippen molar-refractivity contribution in [3.05, 3.63) is 52.0 Å². The maximum absolute atomic E-state index is 12.3. The first-order valence-electron chi connectivity index (χ1n) is 8.14. The molecule has 5 nitrogen and oxygen atoms in total. The van der Waals surface area contributed by atoms with Crippen molar-refractivity contribution < 1.29 is 14.3 Å². The number of hydrogen-bond donors (Lipinski definition) is 0. The van der Waals surface area contributed by atoms with Crippen LogP contribution in [0.25, 0.3) is 10.6 Å². The molecule has 0 aliphatic rings. The number of halogens is 1. The van der Waals surface area contributed by atoms with Gasteiger partial charge in [0.2, 0.25) is 0 Å². The number of likely N-dealkylation sites (N-methyl/N-ethyl adjacent to an activating group) is 1. The van der Waals surface area contributed by atoms with Crippen molar-refractivity contribution in [2.75, 3.05) is 19.7 Å². The van der Waals surface area contributed by atoms with Gasteiger partial charge in [0.15, 0.2) is 6.61 Å². The lowest BCUT2D eigenvalue weighted by Gasteiger charge is -2.20. The molecule has 0 atom stereocenters. The van der Waals surface area contributed by atoms with E-state index in [1.54, 1.807) is 24.0 Å². The predicted octanol–water partition coefficient (Wildman–Crippen LogP) is 4.35. The number of rotatable bonds is 7. The van der Waals surface area contributed by atoms with Gasteiger partial charge in [0, 0.05) is 23.7 Å². The second-order valence-corrected chi connectivity index (χ2v) is 7.32. The number of carbonyl (C=O) groups excluding carboxylic acids is 2. The van der Waals surface area contributed by atoms with E-state index in [1.165, 1.54) is 11.3 Å². The molecule has 2 aromatic rings. The summed E-state index contributed by atoms with van der Waals surface area (Å²) in [5.74, 6) is -0.797. The Labute approximate surface area is 162 Å². The molecule has 0 saturated heterocycles. The van der Waals surface area contributed by atoms with Gasteiger partial charge in [-0.2, -0.15) is 0 Å². The van der Waals surface area contributed by atoms with E-state index in [-0.39, 0.29) is 12.5 Å². The quantitative estimate of drug-likeness (QED) is 0.519. The molecule has 0 N–H and O–H groups in total. The van der Waals surface area contributed by atoms with Gasteiger partial charge in [-0.1, -0.05) is 35.9 Å². The monoisotopic (exact) mass is 392 g/mol. The lowest BCUT2D eigenvalue weighted by molar-refractivity contribution is -0.133. The first kappa shape index (κ1) is 20.1. The molecular weight excluding hydrogens is 372 g/mol. The average Bonchev–Trinajstić information content (AvgIpc) is 2.99.